The Morgan fingerprint density at radius 1 is 1.56 bits per heavy atom. The fourth-order valence-corrected chi connectivity index (χ4v) is 1.79. The lowest BCUT2D eigenvalue weighted by Gasteiger charge is -2.35. The molecular weight excluding hydrogens is 230 g/mol. The van der Waals surface area contributed by atoms with Crippen LogP contribution in [0, 0.1) is 5.41 Å². The fourth-order valence-electron chi connectivity index (χ4n) is 1.79. The molecule has 0 aliphatic rings. The van der Waals surface area contributed by atoms with Crippen LogP contribution in [-0.2, 0) is 6.54 Å². The second-order valence-corrected chi connectivity index (χ2v) is 5.71. The van der Waals surface area contributed by atoms with E-state index in [1.165, 1.54) is 6.26 Å². The average Bonchev–Trinajstić information content (AvgIpc) is 2.73. The van der Waals surface area contributed by atoms with Crippen LogP contribution in [0.1, 0.15) is 43.8 Å². The van der Waals surface area contributed by atoms with E-state index in [1.807, 2.05) is 7.05 Å². The lowest BCUT2D eigenvalue weighted by atomic mass is 9.87. The summed E-state index contributed by atoms with van der Waals surface area (Å²) in [6, 6.07) is 2.18. The van der Waals surface area contributed by atoms with Gasteiger partial charge < -0.3 is 4.42 Å². The maximum atomic E-state index is 11.5. The van der Waals surface area contributed by atoms with Crippen LogP contribution in [0.4, 0.5) is 0 Å². The lowest BCUT2D eigenvalue weighted by Crippen LogP contribution is -2.39. The van der Waals surface area contributed by atoms with Gasteiger partial charge in [-0.25, -0.2) is 5.84 Å². The zero-order valence-corrected chi connectivity index (χ0v) is 11.8. The number of nitrogens with zero attached hydrogens (tertiary/aromatic N) is 1. The Labute approximate surface area is 108 Å². The molecule has 1 atom stereocenters. The van der Waals surface area contributed by atoms with E-state index in [1.54, 1.807) is 6.07 Å². The predicted octanol–water partition coefficient (Wildman–Crippen LogP) is 1.75. The van der Waals surface area contributed by atoms with Crippen molar-refractivity contribution in [3.63, 3.8) is 0 Å². The van der Waals surface area contributed by atoms with E-state index in [4.69, 9.17) is 10.3 Å². The highest BCUT2D eigenvalue weighted by Gasteiger charge is 2.25. The van der Waals surface area contributed by atoms with E-state index in [0.29, 0.717) is 12.6 Å². The lowest BCUT2D eigenvalue weighted by molar-refractivity contribution is 0.0919. The van der Waals surface area contributed by atoms with Gasteiger partial charge in [0.1, 0.15) is 0 Å². The van der Waals surface area contributed by atoms with Crippen LogP contribution in [0.25, 0.3) is 0 Å². The van der Waals surface area contributed by atoms with Crippen LogP contribution in [0.2, 0.25) is 0 Å². The molecule has 5 heteroatoms. The van der Waals surface area contributed by atoms with Crippen LogP contribution < -0.4 is 11.3 Å². The minimum absolute atomic E-state index is 0.175. The van der Waals surface area contributed by atoms with E-state index in [9.17, 15) is 4.79 Å². The number of furan rings is 1. The molecule has 0 spiro atoms. The van der Waals surface area contributed by atoms with Gasteiger partial charge in [-0.2, -0.15) is 0 Å². The topological polar surface area (TPSA) is 71.5 Å². The highest BCUT2D eigenvalue weighted by atomic mass is 16.3. The molecule has 18 heavy (non-hydrogen) atoms. The summed E-state index contributed by atoms with van der Waals surface area (Å²) in [5.74, 6) is 5.01. The largest absolute Gasteiger partial charge is 0.459 e. The molecule has 1 aromatic rings. The Bertz CT molecular complexity index is 407. The van der Waals surface area contributed by atoms with Crippen molar-refractivity contribution in [2.24, 2.45) is 11.3 Å². The first kappa shape index (κ1) is 14.7. The maximum absolute atomic E-state index is 11.5. The third kappa shape index (κ3) is 3.34. The number of carbonyl (C=O) groups excluding carboxylic acids is 1. The Morgan fingerprint density at radius 3 is 2.67 bits per heavy atom. The van der Waals surface area contributed by atoms with Crippen molar-refractivity contribution in [2.45, 2.75) is 40.3 Å². The van der Waals surface area contributed by atoms with Gasteiger partial charge in [-0.05, 0) is 25.5 Å². The van der Waals surface area contributed by atoms with Crippen molar-refractivity contribution in [3.05, 3.63) is 23.7 Å². The summed E-state index contributed by atoms with van der Waals surface area (Å²) >= 11 is 0. The van der Waals surface area contributed by atoms with E-state index in [2.05, 4.69) is 38.0 Å². The molecule has 1 unspecified atom stereocenters. The highest BCUT2D eigenvalue weighted by Crippen LogP contribution is 2.25. The number of amides is 1. The van der Waals surface area contributed by atoms with E-state index in [0.717, 1.165) is 5.56 Å². The molecule has 0 radical (unpaired) electrons. The quantitative estimate of drug-likeness (QED) is 0.487. The van der Waals surface area contributed by atoms with Crippen LogP contribution in [-0.4, -0.2) is 23.9 Å². The minimum Gasteiger partial charge on any atom is -0.459 e. The molecule has 3 N–H and O–H groups in total. The molecule has 0 aromatic carbocycles. The Kier molecular flexibility index (Phi) is 4.53. The fraction of sp³-hybridized carbons (Fsp3) is 0.615. The maximum Gasteiger partial charge on any atom is 0.301 e. The molecule has 0 bridgehead atoms. The van der Waals surface area contributed by atoms with Crippen molar-refractivity contribution < 1.29 is 9.21 Å². The second kappa shape index (κ2) is 5.54. The number of carbonyl (C=O) groups is 1. The first-order chi connectivity index (χ1) is 8.27. The summed E-state index contributed by atoms with van der Waals surface area (Å²) in [4.78, 5) is 13.7. The van der Waals surface area contributed by atoms with Crippen molar-refractivity contribution >= 4 is 5.91 Å². The molecule has 102 valence electrons. The third-order valence-corrected chi connectivity index (χ3v) is 3.42. The molecule has 0 saturated carbocycles. The standard InChI is InChI=1S/C13H23N3O2/c1-9(13(2,3)4)16(5)8-10-6-7-18-11(10)12(17)15-14/h6-7,9H,8,14H2,1-5H3,(H,15,17). The monoisotopic (exact) mass is 253 g/mol. The normalized spacial score (nSPS) is 13.7. The van der Waals surface area contributed by atoms with Gasteiger partial charge >= 0.3 is 5.91 Å². The van der Waals surface area contributed by atoms with Crippen molar-refractivity contribution in [1.82, 2.24) is 10.3 Å². The Morgan fingerprint density at radius 2 is 2.17 bits per heavy atom. The summed E-state index contributed by atoms with van der Waals surface area (Å²) in [5.41, 5.74) is 3.11. The van der Waals surface area contributed by atoms with E-state index < -0.39 is 5.91 Å². The summed E-state index contributed by atoms with van der Waals surface area (Å²) in [6.07, 6.45) is 1.51. The number of hydrogen-bond acceptors (Lipinski definition) is 4. The predicted molar refractivity (Wildman–Crippen MR) is 70.7 cm³/mol. The summed E-state index contributed by atoms with van der Waals surface area (Å²) < 4.78 is 5.16. The van der Waals surface area contributed by atoms with Gasteiger partial charge in [0.15, 0.2) is 5.76 Å². The number of hydrazine groups is 1. The molecule has 1 heterocycles. The van der Waals surface area contributed by atoms with Gasteiger partial charge in [0.2, 0.25) is 0 Å². The van der Waals surface area contributed by atoms with Crippen molar-refractivity contribution in [2.75, 3.05) is 7.05 Å². The molecule has 1 amide bonds. The van der Waals surface area contributed by atoms with Gasteiger partial charge in [-0.15, -0.1) is 0 Å². The van der Waals surface area contributed by atoms with Crippen LogP contribution in [0.15, 0.2) is 16.7 Å². The number of nitrogens with two attached hydrogens (primary N) is 1. The molecule has 1 rings (SSSR count). The van der Waals surface area contributed by atoms with Crippen molar-refractivity contribution in [1.29, 1.82) is 0 Å². The summed E-state index contributed by atoms with van der Waals surface area (Å²) in [5, 5.41) is 0. The van der Waals surface area contributed by atoms with Gasteiger partial charge in [0.05, 0.1) is 6.26 Å². The number of nitrogens with one attached hydrogen (secondary N) is 1. The molecule has 0 aliphatic carbocycles. The molecule has 1 aromatic heterocycles. The molecule has 0 aliphatic heterocycles. The smallest absolute Gasteiger partial charge is 0.301 e. The van der Waals surface area contributed by atoms with Crippen molar-refractivity contribution in [3.8, 4) is 0 Å². The van der Waals surface area contributed by atoms with Gasteiger partial charge in [-0.3, -0.25) is 15.1 Å². The number of rotatable bonds is 4. The molecule has 0 fully saturated rings. The number of nitrogen functional groups attached to an aromatic ring is 1. The number of hydrogen-bond donors (Lipinski definition) is 2. The van der Waals surface area contributed by atoms with Gasteiger partial charge in [0, 0.05) is 18.2 Å². The zero-order chi connectivity index (χ0) is 13.9. The Hall–Kier alpha value is -1.33. The van der Waals surface area contributed by atoms with Crippen LogP contribution >= 0.6 is 0 Å². The van der Waals surface area contributed by atoms with Crippen LogP contribution in [0.3, 0.4) is 0 Å². The highest BCUT2D eigenvalue weighted by molar-refractivity contribution is 5.92. The second-order valence-electron chi connectivity index (χ2n) is 5.71. The van der Waals surface area contributed by atoms with Gasteiger partial charge in [-0.1, -0.05) is 20.8 Å². The van der Waals surface area contributed by atoms with E-state index >= 15 is 0 Å². The molecule has 0 saturated heterocycles. The first-order valence-electron chi connectivity index (χ1n) is 6.05. The SMILES string of the molecule is CC(N(C)Cc1ccoc1C(=O)NN)C(C)(C)C. The third-order valence-electron chi connectivity index (χ3n) is 3.42. The van der Waals surface area contributed by atoms with Crippen LogP contribution in [0.5, 0.6) is 0 Å². The first-order valence-corrected chi connectivity index (χ1v) is 6.05. The van der Waals surface area contributed by atoms with Gasteiger partial charge in [0.25, 0.3) is 0 Å². The molecular formula is C13H23N3O2. The average molecular weight is 253 g/mol. The van der Waals surface area contributed by atoms with E-state index in [-0.39, 0.29) is 11.2 Å². The minimum atomic E-state index is -0.396. The Balaban J connectivity index is 2.80. The molecule has 5 nitrogen and oxygen atoms in total. The summed E-state index contributed by atoms with van der Waals surface area (Å²) in [6.45, 7) is 9.39. The zero-order valence-electron chi connectivity index (χ0n) is 11.8. The summed E-state index contributed by atoms with van der Waals surface area (Å²) in [7, 11) is 2.03.